The van der Waals surface area contributed by atoms with Crippen molar-refractivity contribution in [3.63, 3.8) is 0 Å². The monoisotopic (exact) mass is 342 g/mol. The number of carboxylic acids is 1. The molecule has 0 radical (unpaired) electrons. The van der Waals surface area contributed by atoms with Gasteiger partial charge in [0.2, 0.25) is 0 Å². The van der Waals surface area contributed by atoms with E-state index in [1.807, 2.05) is 0 Å². The van der Waals surface area contributed by atoms with Crippen LogP contribution in [0.15, 0.2) is 41.6 Å². The number of hydrogen-bond donors (Lipinski definition) is 1. The Balaban J connectivity index is 2.17. The van der Waals surface area contributed by atoms with Crippen molar-refractivity contribution in [3.8, 4) is 0 Å². The van der Waals surface area contributed by atoms with Crippen LogP contribution < -0.4 is 10.5 Å². The predicted molar refractivity (Wildman–Crippen MR) is 76.2 cm³/mol. The first-order chi connectivity index (χ1) is 10.8. The molecule has 1 aromatic carbocycles. The molecule has 9 heteroatoms. The fraction of sp³-hybridized carbons (Fsp3) is 0.0714. The molecule has 1 aromatic heterocycles. The zero-order chi connectivity index (χ0) is 17.0. The molecule has 1 N–H and O–H groups in total. The molecule has 2 rings (SSSR count). The number of nitrogens with one attached hydrogen (secondary N) is 1. The normalized spacial score (nSPS) is 11.7. The molecule has 0 saturated heterocycles. The molecular formula is C14H8ClF3N3O2-. The van der Waals surface area contributed by atoms with Gasteiger partial charge in [-0.1, -0.05) is 35.9 Å². The number of rotatable bonds is 4. The molecule has 0 aliphatic heterocycles. The van der Waals surface area contributed by atoms with Gasteiger partial charge in [0.1, 0.15) is 0 Å². The van der Waals surface area contributed by atoms with Crippen molar-refractivity contribution in [1.29, 1.82) is 0 Å². The lowest BCUT2D eigenvalue weighted by Gasteiger charge is -2.09. The molecule has 0 atom stereocenters. The number of carboxylic acid groups (broad SMARTS) is 1. The van der Waals surface area contributed by atoms with Gasteiger partial charge < -0.3 is 9.90 Å². The van der Waals surface area contributed by atoms with E-state index in [1.165, 1.54) is 24.4 Å². The number of hydrogen-bond acceptors (Lipinski definition) is 5. The van der Waals surface area contributed by atoms with Crippen LogP contribution in [0, 0.1) is 0 Å². The van der Waals surface area contributed by atoms with Crippen LogP contribution in [0.4, 0.5) is 19.0 Å². The van der Waals surface area contributed by atoms with E-state index in [0.717, 1.165) is 0 Å². The topological polar surface area (TPSA) is 77.4 Å². The van der Waals surface area contributed by atoms with Gasteiger partial charge in [-0.2, -0.15) is 18.3 Å². The molecular weight excluding hydrogens is 335 g/mol. The lowest BCUT2D eigenvalue weighted by Crippen LogP contribution is -2.23. The number of hydrazone groups is 1. The number of pyridine rings is 1. The predicted octanol–water partition coefficient (Wildman–Crippen LogP) is 2.56. The molecule has 0 aliphatic carbocycles. The van der Waals surface area contributed by atoms with Crippen molar-refractivity contribution in [2.24, 2.45) is 5.10 Å². The van der Waals surface area contributed by atoms with Crippen LogP contribution in [0.2, 0.25) is 5.02 Å². The Bertz CT molecular complexity index is 763. The van der Waals surface area contributed by atoms with Crippen LogP contribution in [0.3, 0.4) is 0 Å². The molecule has 0 aliphatic rings. The van der Waals surface area contributed by atoms with Gasteiger partial charge in [-0.15, -0.1) is 0 Å². The summed E-state index contributed by atoms with van der Waals surface area (Å²) in [7, 11) is 0. The Morgan fingerprint density at radius 3 is 2.65 bits per heavy atom. The second-order valence-electron chi connectivity index (χ2n) is 4.30. The van der Waals surface area contributed by atoms with Gasteiger partial charge >= 0.3 is 6.18 Å². The number of anilines is 1. The smallest absolute Gasteiger partial charge is 0.417 e. The Kier molecular flexibility index (Phi) is 4.85. The summed E-state index contributed by atoms with van der Waals surface area (Å²) in [6.07, 6.45) is -2.77. The van der Waals surface area contributed by atoms with E-state index in [0.29, 0.717) is 12.3 Å². The molecule has 0 amide bonds. The van der Waals surface area contributed by atoms with E-state index < -0.39 is 17.7 Å². The summed E-state index contributed by atoms with van der Waals surface area (Å²) in [6.45, 7) is 0. The Morgan fingerprint density at radius 2 is 2.04 bits per heavy atom. The number of alkyl halides is 3. The van der Waals surface area contributed by atoms with Crippen molar-refractivity contribution in [2.45, 2.75) is 6.18 Å². The summed E-state index contributed by atoms with van der Waals surface area (Å²) in [6, 6.07) is 6.64. The Labute approximate surface area is 133 Å². The SMILES string of the molecule is O=C([O-])c1ccccc1/C=N\Nc1ncc(C(F)(F)F)cc1Cl. The molecule has 0 unspecified atom stereocenters. The van der Waals surface area contributed by atoms with Gasteiger partial charge in [0.25, 0.3) is 0 Å². The second-order valence-corrected chi connectivity index (χ2v) is 4.70. The summed E-state index contributed by atoms with van der Waals surface area (Å²) in [5.41, 5.74) is 1.54. The fourth-order valence-corrected chi connectivity index (χ4v) is 1.84. The van der Waals surface area contributed by atoms with Gasteiger partial charge in [0.05, 0.1) is 22.8 Å². The molecule has 23 heavy (non-hydrogen) atoms. The van der Waals surface area contributed by atoms with E-state index in [-0.39, 0.29) is 22.0 Å². The van der Waals surface area contributed by atoms with Crippen molar-refractivity contribution in [2.75, 3.05) is 5.43 Å². The second kappa shape index (κ2) is 6.66. The van der Waals surface area contributed by atoms with Gasteiger partial charge in [-0.25, -0.2) is 4.98 Å². The van der Waals surface area contributed by atoms with Gasteiger partial charge in [-0.05, 0) is 6.07 Å². The summed E-state index contributed by atoms with van der Waals surface area (Å²) in [5.74, 6) is -1.47. The minimum Gasteiger partial charge on any atom is -0.545 e. The van der Waals surface area contributed by atoms with Crippen LogP contribution in [-0.2, 0) is 6.18 Å². The first kappa shape index (κ1) is 16.8. The number of nitrogens with zero attached hydrogens (tertiary/aromatic N) is 2. The van der Waals surface area contributed by atoms with Crippen LogP contribution in [0.5, 0.6) is 0 Å². The molecule has 120 valence electrons. The zero-order valence-corrected chi connectivity index (χ0v) is 12.0. The standard InChI is InChI=1S/C14H9ClF3N3O2/c15-11-5-9(14(16,17)18)7-19-12(11)21-20-6-8-3-1-2-4-10(8)13(22)23/h1-7H,(H,19,21)(H,22,23)/p-1/b20-6-. The molecule has 0 saturated carbocycles. The molecule has 0 fully saturated rings. The van der Waals surface area contributed by atoms with E-state index in [9.17, 15) is 23.1 Å². The van der Waals surface area contributed by atoms with Gasteiger partial charge in [0, 0.05) is 17.3 Å². The number of aromatic nitrogens is 1. The number of halogens is 4. The first-order valence-corrected chi connectivity index (χ1v) is 6.49. The lowest BCUT2D eigenvalue weighted by atomic mass is 10.1. The van der Waals surface area contributed by atoms with E-state index in [4.69, 9.17) is 11.6 Å². The zero-order valence-electron chi connectivity index (χ0n) is 11.3. The molecule has 5 nitrogen and oxygen atoms in total. The third-order valence-corrected chi connectivity index (χ3v) is 3.01. The maximum Gasteiger partial charge on any atom is 0.417 e. The highest BCUT2D eigenvalue weighted by Gasteiger charge is 2.31. The number of carbonyl (C=O) groups excluding carboxylic acids is 1. The minimum absolute atomic E-state index is 0.0791. The van der Waals surface area contributed by atoms with Crippen molar-refractivity contribution in [1.82, 2.24) is 4.98 Å². The first-order valence-electron chi connectivity index (χ1n) is 6.11. The van der Waals surface area contributed by atoms with Crippen LogP contribution in [0.1, 0.15) is 21.5 Å². The lowest BCUT2D eigenvalue weighted by molar-refractivity contribution is -0.255. The summed E-state index contributed by atoms with van der Waals surface area (Å²) < 4.78 is 37.4. The number of benzene rings is 1. The Morgan fingerprint density at radius 1 is 1.35 bits per heavy atom. The van der Waals surface area contributed by atoms with Crippen LogP contribution in [0.25, 0.3) is 0 Å². The van der Waals surface area contributed by atoms with E-state index in [2.05, 4.69) is 15.5 Å². The number of carbonyl (C=O) groups is 1. The third kappa shape index (κ3) is 4.19. The van der Waals surface area contributed by atoms with Gasteiger partial charge in [-0.3, -0.25) is 5.43 Å². The summed E-state index contributed by atoms with van der Waals surface area (Å²) >= 11 is 5.70. The fourth-order valence-electron chi connectivity index (χ4n) is 1.63. The maximum absolute atomic E-state index is 12.5. The maximum atomic E-state index is 12.5. The minimum atomic E-state index is -4.55. The van der Waals surface area contributed by atoms with Crippen molar-refractivity contribution >= 4 is 29.6 Å². The highest BCUT2D eigenvalue weighted by molar-refractivity contribution is 6.33. The quantitative estimate of drug-likeness (QED) is 0.684. The summed E-state index contributed by atoms with van der Waals surface area (Å²) in [4.78, 5) is 14.4. The Hall–Kier alpha value is -2.61. The third-order valence-electron chi connectivity index (χ3n) is 2.72. The van der Waals surface area contributed by atoms with Crippen LogP contribution in [-0.4, -0.2) is 17.2 Å². The molecule has 1 heterocycles. The average molecular weight is 343 g/mol. The molecule has 0 bridgehead atoms. The average Bonchev–Trinajstić information content (AvgIpc) is 2.48. The number of aromatic carboxylic acids is 1. The summed E-state index contributed by atoms with van der Waals surface area (Å²) in [5, 5.41) is 14.3. The highest BCUT2D eigenvalue weighted by atomic mass is 35.5. The van der Waals surface area contributed by atoms with Crippen molar-refractivity contribution < 1.29 is 23.1 Å². The van der Waals surface area contributed by atoms with E-state index in [1.54, 1.807) is 6.07 Å². The van der Waals surface area contributed by atoms with Crippen LogP contribution >= 0.6 is 11.6 Å². The van der Waals surface area contributed by atoms with E-state index >= 15 is 0 Å². The molecule has 0 spiro atoms. The largest absolute Gasteiger partial charge is 0.545 e. The van der Waals surface area contributed by atoms with Gasteiger partial charge in [0.15, 0.2) is 5.82 Å². The molecule has 2 aromatic rings. The van der Waals surface area contributed by atoms with Crippen molar-refractivity contribution in [3.05, 3.63) is 58.2 Å². The highest BCUT2D eigenvalue weighted by Crippen LogP contribution is 2.32.